The largest absolute Gasteiger partial charge is 0.444 e. The Morgan fingerprint density at radius 1 is 1.21 bits per heavy atom. The minimum absolute atomic E-state index is 0.359. The standard InChI is InChI=1S/C13H27N3O3/c1-13(2,3)19-12(17)15-5-4-14-6-7-16-8-10-18-11-9-16/h14H,4-11H2,1-3H3,(H,15,17). The lowest BCUT2D eigenvalue weighted by Crippen LogP contribution is -2.42. The Morgan fingerprint density at radius 2 is 1.89 bits per heavy atom. The quantitative estimate of drug-likeness (QED) is 0.687. The van der Waals surface area contributed by atoms with E-state index >= 15 is 0 Å². The second-order valence-electron chi connectivity index (χ2n) is 5.63. The van der Waals surface area contributed by atoms with Crippen molar-refractivity contribution in [3.8, 4) is 0 Å². The molecular weight excluding hydrogens is 246 g/mol. The van der Waals surface area contributed by atoms with Crippen LogP contribution in [0.2, 0.25) is 0 Å². The average Bonchev–Trinajstić information content (AvgIpc) is 2.32. The fourth-order valence-corrected chi connectivity index (χ4v) is 1.75. The molecule has 1 rings (SSSR count). The van der Waals surface area contributed by atoms with E-state index in [9.17, 15) is 4.79 Å². The minimum atomic E-state index is -0.437. The molecule has 0 aromatic heterocycles. The van der Waals surface area contributed by atoms with Crippen molar-refractivity contribution in [1.29, 1.82) is 0 Å². The second kappa shape index (κ2) is 8.35. The summed E-state index contributed by atoms with van der Waals surface area (Å²) in [6, 6.07) is 0. The highest BCUT2D eigenvalue weighted by atomic mass is 16.6. The van der Waals surface area contributed by atoms with Gasteiger partial charge in [0, 0.05) is 39.3 Å². The first kappa shape index (κ1) is 16.2. The summed E-state index contributed by atoms with van der Waals surface area (Å²) in [5.41, 5.74) is -0.437. The smallest absolute Gasteiger partial charge is 0.407 e. The number of alkyl carbamates (subject to hydrolysis) is 1. The van der Waals surface area contributed by atoms with Gasteiger partial charge < -0.3 is 20.1 Å². The van der Waals surface area contributed by atoms with Gasteiger partial charge in [-0.05, 0) is 20.8 Å². The molecule has 2 N–H and O–H groups in total. The van der Waals surface area contributed by atoms with Crippen molar-refractivity contribution in [3.63, 3.8) is 0 Å². The average molecular weight is 273 g/mol. The summed E-state index contributed by atoms with van der Waals surface area (Å²) in [6.45, 7) is 12.5. The molecular formula is C13H27N3O3. The highest BCUT2D eigenvalue weighted by Crippen LogP contribution is 2.05. The van der Waals surface area contributed by atoms with Crippen molar-refractivity contribution >= 4 is 6.09 Å². The van der Waals surface area contributed by atoms with Crippen LogP contribution >= 0.6 is 0 Å². The molecule has 0 aromatic carbocycles. The van der Waals surface area contributed by atoms with Gasteiger partial charge in [0.05, 0.1) is 13.2 Å². The first-order valence-corrected chi connectivity index (χ1v) is 6.95. The van der Waals surface area contributed by atoms with E-state index in [1.165, 1.54) is 0 Å². The fourth-order valence-electron chi connectivity index (χ4n) is 1.75. The first-order chi connectivity index (χ1) is 8.97. The summed E-state index contributed by atoms with van der Waals surface area (Å²) in [7, 11) is 0. The number of nitrogens with zero attached hydrogens (tertiary/aromatic N) is 1. The molecule has 1 fully saturated rings. The van der Waals surface area contributed by atoms with Crippen molar-refractivity contribution in [2.45, 2.75) is 26.4 Å². The predicted octanol–water partition coefficient (Wildman–Crippen LogP) is 0.433. The predicted molar refractivity (Wildman–Crippen MR) is 74.4 cm³/mol. The Kier molecular flexibility index (Phi) is 7.12. The van der Waals surface area contributed by atoms with Gasteiger partial charge in [0.2, 0.25) is 0 Å². The monoisotopic (exact) mass is 273 g/mol. The summed E-state index contributed by atoms with van der Waals surface area (Å²) >= 11 is 0. The molecule has 0 spiro atoms. The van der Waals surface area contributed by atoms with Crippen molar-refractivity contribution in [3.05, 3.63) is 0 Å². The Balaban J connectivity index is 1.92. The maximum Gasteiger partial charge on any atom is 0.407 e. The van der Waals surface area contributed by atoms with Crippen LogP contribution in [0, 0.1) is 0 Å². The van der Waals surface area contributed by atoms with Gasteiger partial charge >= 0.3 is 6.09 Å². The normalized spacial score (nSPS) is 17.2. The van der Waals surface area contributed by atoms with Gasteiger partial charge in [-0.15, -0.1) is 0 Å². The van der Waals surface area contributed by atoms with E-state index in [0.717, 1.165) is 45.9 Å². The summed E-state index contributed by atoms with van der Waals surface area (Å²) in [5.74, 6) is 0. The molecule has 0 saturated carbocycles. The van der Waals surface area contributed by atoms with Crippen molar-refractivity contribution in [1.82, 2.24) is 15.5 Å². The zero-order valence-corrected chi connectivity index (χ0v) is 12.3. The Bertz CT molecular complexity index is 260. The number of hydrogen-bond donors (Lipinski definition) is 2. The minimum Gasteiger partial charge on any atom is -0.444 e. The van der Waals surface area contributed by atoms with E-state index in [1.807, 2.05) is 20.8 Å². The van der Waals surface area contributed by atoms with Gasteiger partial charge in [-0.3, -0.25) is 4.90 Å². The summed E-state index contributed by atoms with van der Waals surface area (Å²) in [4.78, 5) is 13.7. The number of ether oxygens (including phenoxy) is 2. The Labute approximate surface area is 115 Å². The second-order valence-corrected chi connectivity index (χ2v) is 5.63. The van der Waals surface area contributed by atoms with Gasteiger partial charge in [-0.25, -0.2) is 4.79 Å². The third kappa shape index (κ3) is 8.80. The van der Waals surface area contributed by atoms with Crippen LogP contribution in [0.25, 0.3) is 0 Å². The molecule has 1 aliphatic heterocycles. The van der Waals surface area contributed by atoms with Crippen molar-refractivity contribution in [2.24, 2.45) is 0 Å². The number of morpholine rings is 1. The lowest BCUT2D eigenvalue weighted by atomic mass is 10.2. The molecule has 0 atom stereocenters. The van der Waals surface area contributed by atoms with Gasteiger partial charge in [0.25, 0.3) is 0 Å². The summed E-state index contributed by atoms with van der Waals surface area (Å²) in [5, 5.41) is 6.02. The Morgan fingerprint density at radius 3 is 2.53 bits per heavy atom. The van der Waals surface area contributed by atoms with E-state index in [4.69, 9.17) is 9.47 Å². The zero-order valence-electron chi connectivity index (χ0n) is 12.3. The van der Waals surface area contributed by atoms with Crippen LogP contribution in [0.1, 0.15) is 20.8 Å². The van der Waals surface area contributed by atoms with Crippen LogP contribution in [0.3, 0.4) is 0 Å². The highest BCUT2D eigenvalue weighted by molar-refractivity contribution is 5.67. The van der Waals surface area contributed by atoms with Crippen LogP contribution in [-0.2, 0) is 9.47 Å². The molecule has 1 saturated heterocycles. The molecule has 0 bridgehead atoms. The SMILES string of the molecule is CC(C)(C)OC(=O)NCCNCCN1CCOCC1. The van der Waals surface area contributed by atoms with Gasteiger partial charge in [0.1, 0.15) is 5.60 Å². The van der Waals surface area contributed by atoms with Crippen LogP contribution in [-0.4, -0.2) is 69.1 Å². The third-order valence-corrected chi connectivity index (χ3v) is 2.68. The molecule has 0 aliphatic carbocycles. The van der Waals surface area contributed by atoms with Crippen molar-refractivity contribution in [2.75, 3.05) is 52.5 Å². The van der Waals surface area contributed by atoms with E-state index in [2.05, 4.69) is 15.5 Å². The number of amides is 1. The molecule has 1 heterocycles. The molecule has 0 unspecified atom stereocenters. The highest BCUT2D eigenvalue weighted by Gasteiger charge is 2.15. The van der Waals surface area contributed by atoms with Crippen LogP contribution in [0.5, 0.6) is 0 Å². The van der Waals surface area contributed by atoms with Crippen LogP contribution < -0.4 is 10.6 Å². The molecule has 6 heteroatoms. The molecule has 6 nitrogen and oxygen atoms in total. The van der Waals surface area contributed by atoms with Gasteiger partial charge in [-0.2, -0.15) is 0 Å². The fraction of sp³-hybridized carbons (Fsp3) is 0.923. The van der Waals surface area contributed by atoms with Gasteiger partial charge in [-0.1, -0.05) is 0 Å². The lowest BCUT2D eigenvalue weighted by Gasteiger charge is -2.26. The summed E-state index contributed by atoms with van der Waals surface area (Å²) in [6.07, 6.45) is -0.359. The number of carbonyl (C=O) groups excluding carboxylic acids is 1. The van der Waals surface area contributed by atoms with Gasteiger partial charge in [0.15, 0.2) is 0 Å². The lowest BCUT2D eigenvalue weighted by molar-refractivity contribution is 0.0383. The first-order valence-electron chi connectivity index (χ1n) is 6.95. The van der Waals surface area contributed by atoms with E-state index in [-0.39, 0.29) is 6.09 Å². The van der Waals surface area contributed by atoms with Crippen molar-refractivity contribution < 1.29 is 14.3 Å². The molecule has 112 valence electrons. The maximum absolute atomic E-state index is 11.4. The number of rotatable bonds is 6. The summed E-state index contributed by atoms with van der Waals surface area (Å²) < 4.78 is 10.4. The topological polar surface area (TPSA) is 62.8 Å². The molecule has 1 amide bonds. The number of carbonyl (C=O) groups is 1. The Hall–Kier alpha value is -0.850. The van der Waals surface area contributed by atoms with E-state index in [1.54, 1.807) is 0 Å². The maximum atomic E-state index is 11.4. The van der Waals surface area contributed by atoms with E-state index < -0.39 is 5.60 Å². The molecule has 0 aromatic rings. The zero-order chi connectivity index (χ0) is 14.1. The number of nitrogens with one attached hydrogen (secondary N) is 2. The molecule has 19 heavy (non-hydrogen) atoms. The van der Waals surface area contributed by atoms with Crippen LogP contribution in [0.4, 0.5) is 4.79 Å². The molecule has 1 aliphatic rings. The third-order valence-electron chi connectivity index (χ3n) is 2.68. The molecule has 0 radical (unpaired) electrons. The van der Waals surface area contributed by atoms with Crippen LogP contribution in [0.15, 0.2) is 0 Å². The number of hydrogen-bond acceptors (Lipinski definition) is 5. The van der Waals surface area contributed by atoms with E-state index in [0.29, 0.717) is 6.54 Å².